The Hall–Kier alpha value is -2.43. The van der Waals surface area contributed by atoms with E-state index in [9.17, 15) is 27.1 Å². The van der Waals surface area contributed by atoms with Crippen molar-refractivity contribution in [2.45, 2.75) is 83.1 Å². The highest BCUT2D eigenvalue weighted by Gasteiger charge is 2.36. The van der Waals surface area contributed by atoms with Crippen LogP contribution in [0, 0.1) is 11.3 Å². The van der Waals surface area contributed by atoms with Crippen LogP contribution in [0.3, 0.4) is 0 Å². The van der Waals surface area contributed by atoms with Gasteiger partial charge in [-0.15, -0.1) is 11.3 Å². The Bertz CT molecular complexity index is 1490. The molecule has 0 spiro atoms. The van der Waals surface area contributed by atoms with Gasteiger partial charge in [0.15, 0.2) is 14.8 Å². The van der Waals surface area contributed by atoms with Crippen LogP contribution < -0.4 is 5.32 Å². The largest absolute Gasteiger partial charge is 0.389 e. The van der Waals surface area contributed by atoms with E-state index >= 15 is 0 Å². The minimum Gasteiger partial charge on any atom is -0.389 e. The number of benzene rings is 2. The number of nitrogens with one attached hydrogen (secondary N) is 1. The van der Waals surface area contributed by atoms with Crippen LogP contribution in [-0.2, 0) is 16.3 Å². The Labute approximate surface area is 239 Å². The second-order valence-corrected chi connectivity index (χ2v) is 15.7. The number of sulfone groups is 1. The number of hydrogen-bond acceptors (Lipinski definition) is 6. The van der Waals surface area contributed by atoms with Crippen molar-refractivity contribution in [2.24, 2.45) is 11.3 Å². The molecule has 2 N–H and O–H groups in total. The Morgan fingerprint density at radius 2 is 1.70 bits per heavy atom. The van der Waals surface area contributed by atoms with E-state index in [1.165, 1.54) is 11.3 Å². The SMILES string of the molecule is CC(C)(C)CS(=O)(=O)c1ccc(-c2sc(C(=O)NCC(C)(C)O)nc2CC2CCC(F)(F)CC2)c2ccccc12. The summed E-state index contributed by atoms with van der Waals surface area (Å²) in [6, 6.07) is 10.7. The van der Waals surface area contributed by atoms with Crippen molar-refractivity contribution in [3.63, 3.8) is 0 Å². The minimum atomic E-state index is -3.59. The molecule has 218 valence electrons. The Balaban J connectivity index is 1.79. The average Bonchev–Trinajstić information content (AvgIpc) is 3.24. The number of alkyl halides is 2. The van der Waals surface area contributed by atoms with Crippen LogP contribution in [0.4, 0.5) is 8.78 Å². The first kappa shape index (κ1) is 30.5. The third-order valence-electron chi connectivity index (χ3n) is 6.98. The molecule has 4 rings (SSSR count). The van der Waals surface area contributed by atoms with E-state index < -0.39 is 32.7 Å². The third kappa shape index (κ3) is 7.44. The summed E-state index contributed by atoms with van der Waals surface area (Å²) in [6.07, 6.45) is 0.849. The minimum absolute atomic E-state index is 0.00506. The highest BCUT2D eigenvalue weighted by molar-refractivity contribution is 7.91. The van der Waals surface area contributed by atoms with Crippen LogP contribution in [0.25, 0.3) is 21.2 Å². The smallest absolute Gasteiger partial charge is 0.280 e. The molecule has 1 saturated carbocycles. The van der Waals surface area contributed by atoms with Gasteiger partial charge in [-0.1, -0.05) is 51.1 Å². The lowest BCUT2D eigenvalue weighted by molar-refractivity contribution is -0.0457. The molecule has 2 aromatic carbocycles. The maximum absolute atomic E-state index is 13.8. The van der Waals surface area contributed by atoms with E-state index in [1.807, 2.05) is 32.9 Å². The molecule has 0 radical (unpaired) electrons. The molecule has 0 unspecified atom stereocenters. The number of carbonyl (C=O) groups is 1. The highest BCUT2D eigenvalue weighted by atomic mass is 32.2. The number of hydrogen-bond donors (Lipinski definition) is 2. The summed E-state index contributed by atoms with van der Waals surface area (Å²) in [4.78, 5) is 18.6. The highest BCUT2D eigenvalue weighted by Crippen LogP contribution is 2.42. The van der Waals surface area contributed by atoms with Crippen molar-refractivity contribution in [2.75, 3.05) is 12.3 Å². The number of aliphatic hydroxyl groups is 1. The maximum Gasteiger partial charge on any atom is 0.280 e. The summed E-state index contributed by atoms with van der Waals surface area (Å²) in [5, 5.41) is 14.3. The summed E-state index contributed by atoms with van der Waals surface area (Å²) in [7, 11) is -3.59. The maximum atomic E-state index is 13.8. The molecule has 1 aromatic heterocycles. The first-order valence-corrected chi connectivity index (χ1v) is 16.0. The van der Waals surface area contributed by atoms with Crippen LogP contribution in [0.15, 0.2) is 41.3 Å². The topological polar surface area (TPSA) is 96.4 Å². The van der Waals surface area contributed by atoms with Gasteiger partial charge in [-0.05, 0) is 55.9 Å². The van der Waals surface area contributed by atoms with Crippen LogP contribution in [0.2, 0.25) is 0 Å². The lowest BCUT2D eigenvalue weighted by Crippen LogP contribution is -2.38. The number of fused-ring (bicyclic) bond motifs is 1. The first-order chi connectivity index (χ1) is 18.4. The fourth-order valence-corrected chi connectivity index (χ4v) is 8.27. The molecule has 3 aromatic rings. The van der Waals surface area contributed by atoms with Crippen molar-refractivity contribution < 1.29 is 27.1 Å². The summed E-state index contributed by atoms with van der Waals surface area (Å²) in [5.41, 5.74) is -0.133. The Kier molecular flexibility index (Phi) is 8.47. The van der Waals surface area contributed by atoms with Crippen LogP contribution in [-0.4, -0.2) is 48.2 Å². The second-order valence-electron chi connectivity index (χ2n) is 12.8. The molecule has 10 heteroatoms. The molecule has 0 saturated heterocycles. The Morgan fingerprint density at radius 1 is 1.07 bits per heavy atom. The van der Waals surface area contributed by atoms with Crippen molar-refractivity contribution >= 4 is 37.9 Å². The molecule has 40 heavy (non-hydrogen) atoms. The van der Waals surface area contributed by atoms with Gasteiger partial charge < -0.3 is 10.4 Å². The lowest BCUT2D eigenvalue weighted by Gasteiger charge is -2.28. The zero-order chi connectivity index (χ0) is 29.5. The molecule has 1 aliphatic rings. The summed E-state index contributed by atoms with van der Waals surface area (Å²) in [5.74, 6) is -3.07. The van der Waals surface area contributed by atoms with Crippen molar-refractivity contribution in [3.05, 3.63) is 47.1 Å². The first-order valence-electron chi connectivity index (χ1n) is 13.6. The zero-order valence-corrected chi connectivity index (χ0v) is 25.3. The van der Waals surface area contributed by atoms with Gasteiger partial charge in [-0.3, -0.25) is 4.79 Å². The monoisotopic (exact) mass is 592 g/mol. The van der Waals surface area contributed by atoms with Gasteiger partial charge in [0.05, 0.1) is 26.8 Å². The fourth-order valence-electron chi connectivity index (χ4n) is 5.14. The second kappa shape index (κ2) is 11.1. The number of halogens is 2. The number of nitrogens with zero attached hydrogens (tertiary/aromatic N) is 1. The van der Waals surface area contributed by atoms with Gasteiger partial charge in [-0.25, -0.2) is 22.2 Å². The van der Waals surface area contributed by atoms with Gasteiger partial charge in [-0.2, -0.15) is 0 Å². The van der Waals surface area contributed by atoms with E-state index in [4.69, 9.17) is 0 Å². The summed E-state index contributed by atoms with van der Waals surface area (Å²) in [6.45, 7) is 8.87. The van der Waals surface area contributed by atoms with E-state index in [-0.39, 0.29) is 41.0 Å². The van der Waals surface area contributed by atoms with Crippen LogP contribution >= 0.6 is 11.3 Å². The molecular formula is C30H38F2N2O4S2. The molecule has 0 aliphatic heterocycles. The normalized spacial score (nSPS) is 16.8. The predicted octanol–water partition coefficient (Wildman–Crippen LogP) is 6.65. The van der Waals surface area contributed by atoms with Gasteiger partial charge in [0.1, 0.15) is 0 Å². The quantitative estimate of drug-likeness (QED) is 0.305. The zero-order valence-electron chi connectivity index (χ0n) is 23.7. The molecule has 1 heterocycles. The number of amides is 1. The van der Waals surface area contributed by atoms with Gasteiger partial charge in [0.2, 0.25) is 5.92 Å². The van der Waals surface area contributed by atoms with Gasteiger partial charge in [0.25, 0.3) is 5.91 Å². The van der Waals surface area contributed by atoms with E-state index in [0.29, 0.717) is 30.3 Å². The molecule has 0 bridgehead atoms. The molecule has 1 amide bonds. The summed E-state index contributed by atoms with van der Waals surface area (Å²) < 4.78 is 54.4. The Morgan fingerprint density at radius 3 is 2.30 bits per heavy atom. The fraction of sp³-hybridized carbons (Fsp3) is 0.533. The number of rotatable bonds is 8. The summed E-state index contributed by atoms with van der Waals surface area (Å²) >= 11 is 1.20. The molecule has 0 atom stereocenters. The van der Waals surface area contributed by atoms with Crippen molar-refractivity contribution in [3.8, 4) is 10.4 Å². The standard InChI is InChI=1S/C30H38F2N2O4S2/c1-28(2,3)18-40(37,38)24-11-10-22(20-8-6-7-9-21(20)24)25-23(16-19-12-14-30(31,32)15-13-19)34-27(39-25)26(35)33-17-29(4,5)36/h6-11,19,36H,12-18H2,1-5H3,(H,33,35). The van der Waals surface area contributed by atoms with Gasteiger partial charge >= 0.3 is 0 Å². The number of carbonyl (C=O) groups excluding carboxylic acids is 1. The average molecular weight is 593 g/mol. The van der Waals surface area contributed by atoms with E-state index in [1.54, 1.807) is 38.1 Å². The third-order valence-corrected chi connectivity index (χ3v) is 10.4. The van der Waals surface area contributed by atoms with Crippen molar-refractivity contribution in [1.82, 2.24) is 10.3 Å². The van der Waals surface area contributed by atoms with Crippen LogP contribution in [0.1, 0.15) is 75.8 Å². The molecule has 1 aliphatic carbocycles. The predicted molar refractivity (Wildman–Crippen MR) is 156 cm³/mol. The van der Waals surface area contributed by atoms with E-state index in [0.717, 1.165) is 15.8 Å². The van der Waals surface area contributed by atoms with Crippen LogP contribution in [0.5, 0.6) is 0 Å². The molecule has 1 fully saturated rings. The van der Waals surface area contributed by atoms with Crippen molar-refractivity contribution in [1.29, 1.82) is 0 Å². The van der Waals surface area contributed by atoms with E-state index in [2.05, 4.69) is 10.3 Å². The lowest BCUT2D eigenvalue weighted by atomic mass is 9.83. The number of thiazole rings is 1. The molecular weight excluding hydrogens is 554 g/mol. The number of aromatic nitrogens is 1. The molecule has 6 nitrogen and oxygen atoms in total. The van der Waals surface area contributed by atoms with Gasteiger partial charge in [0, 0.05) is 30.3 Å².